The number of amides is 4. The second kappa shape index (κ2) is 6.40. The number of carbonyl (C=O) groups excluding carboxylic acids is 4. The highest BCUT2D eigenvalue weighted by molar-refractivity contribution is 6.02. The van der Waals surface area contributed by atoms with Crippen molar-refractivity contribution in [3.05, 3.63) is 0 Å². The van der Waals surface area contributed by atoms with Crippen LogP contribution in [0.15, 0.2) is 0 Å². The molecule has 0 aromatic heterocycles. The second-order valence-electron chi connectivity index (χ2n) is 15.0. The number of hydrogen-bond donors (Lipinski definition) is 0. The molecule has 8 nitrogen and oxygen atoms in total. The summed E-state index contributed by atoms with van der Waals surface area (Å²) in [6.45, 7) is 4.79. The molecule has 6 saturated carbocycles. The highest BCUT2D eigenvalue weighted by Crippen LogP contribution is 2.88. The van der Waals surface area contributed by atoms with Gasteiger partial charge < -0.3 is 9.47 Å². The maximum absolute atomic E-state index is 13.1. The van der Waals surface area contributed by atoms with E-state index in [0.717, 1.165) is 25.7 Å². The SMILES string of the molecule is C[C@@]12[C@@H]3[C@H]4[C@@H]5[C@H]6[C@H]7[C@@H](CC[C@@H]7O[C@@H](N7C(=O)CCC7=O)[C@@]6(C)[C@H]4[C@H]4CC[C@@H](O[C@@H]1N1C(=O)CCC1=O)[C@@H]43)[C@H]52. The van der Waals surface area contributed by atoms with Crippen LogP contribution in [-0.2, 0) is 28.7 Å². The van der Waals surface area contributed by atoms with Crippen LogP contribution in [0.2, 0.25) is 0 Å². The van der Waals surface area contributed by atoms with Crippen molar-refractivity contribution in [3.63, 3.8) is 0 Å². The summed E-state index contributed by atoms with van der Waals surface area (Å²) < 4.78 is 14.0. The van der Waals surface area contributed by atoms with Gasteiger partial charge in [-0.2, -0.15) is 0 Å². The Balaban J connectivity index is 1.19. The fourth-order valence-electron chi connectivity index (χ4n) is 14.2. The lowest BCUT2D eigenvalue weighted by Crippen LogP contribution is -2.62. The molecule has 8 heteroatoms. The van der Waals surface area contributed by atoms with E-state index in [1.807, 2.05) is 0 Å². The predicted octanol–water partition coefficient (Wildman–Crippen LogP) is 2.55. The van der Waals surface area contributed by atoms with E-state index in [4.69, 9.17) is 9.47 Å². The minimum Gasteiger partial charge on any atom is -0.354 e. The summed E-state index contributed by atoms with van der Waals surface area (Å²) in [5.41, 5.74) is -0.479. The van der Waals surface area contributed by atoms with Gasteiger partial charge in [-0.15, -0.1) is 0 Å². The molecule has 10 rings (SSSR count). The third kappa shape index (κ3) is 1.97. The molecule has 0 radical (unpaired) electrons. The molecule has 0 spiro atoms. The summed E-state index contributed by atoms with van der Waals surface area (Å²) in [7, 11) is 0. The minimum atomic E-state index is -0.451. The fraction of sp³-hybridized carbons (Fsp3) is 0.867. The van der Waals surface area contributed by atoms with Gasteiger partial charge in [-0.3, -0.25) is 29.0 Å². The number of imide groups is 2. The molecule has 10 fully saturated rings. The van der Waals surface area contributed by atoms with Crippen LogP contribution >= 0.6 is 0 Å². The molecule has 0 N–H and O–H groups in total. The smallest absolute Gasteiger partial charge is 0.231 e. The van der Waals surface area contributed by atoms with Gasteiger partial charge in [0.05, 0.1) is 12.2 Å². The molecular formula is C30H36N2O6. The quantitative estimate of drug-likeness (QED) is 0.520. The Hall–Kier alpha value is -1.80. The molecule has 0 unspecified atom stereocenters. The van der Waals surface area contributed by atoms with E-state index in [0.29, 0.717) is 84.9 Å². The number of hydrogen-bond acceptors (Lipinski definition) is 6. The van der Waals surface area contributed by atoms with Crippen molar-refractivity contribution < 1.29 is 28.7 Å². The Morgan fingerprint density at radius 2 is 0.921 bits per heavy atom. The highest BCUT2D eigenvalue weighted by atomic mass is 16.5. The molecule has 10 aliphatic rings. The minimum absolute atomic E-state index is 0.0557. The average Bonchev–Trinajstić information content (AvgIpc) is 3.70. The monoisotopic (exact) mass is 520 g/mol. The number of carbonyl (C=O) groups is 4. The van der Waals surface area contributed by atoms with Crippen LogP contribution in [0.25, 0.3) is 0 Å². The summed E-state index contributed by atoms with van der Waals surface area (Å²) in [6.07, 6.45) is 4.59. The molecule has 4 aliphatic heterocycles. The van der Waals surface area contributed by atoms with Crippen LogP contribution < -0.4 is 0 Å². The Labute approximate surface area is 222 Å². The number of ether oxygens (including phenoxy) is 2. The number of nitrogens with zero attached hydrogens (tertiary/aromatic N) is 2. The molecular weight excluding hydrogens is 484 g/mol. The molecule has 0 aromatic rings. The van der Waals surface area contributed by atoms with Gasteiger partial charge in [0.2, 0.25) is 23.6 Å². The summed E-state index contributed by atoms with van der Waals surface area (Å²) in [5, 5.41) is 0. The van der Waals surface area contributed by atoms with E-state index in [9.17, 15) is 19.2 Å². The zero-order valence-corrected chi connectivity index (χ0v) is 22.1. The van der Waals surface area contributed by atoms with Crippen LogP contribution in [0.5, 0.6) is 0 Å². The van der Waals surface area contributed by atoms with E-state index < -0.39 is 12.5 Å². The first-order valence-corrected chi connectivity index (χ1v) is 15.3. The first-order chi connectivity index (χ1) is 18.3. The maximum atomic E-state index is 13.1. The van der Waals surface area contributed by atoms with Crippen molar-refractivity contribution in [2.24, 2.45) is 70.0 Å². The van der Waals surface area contributed by atoms with Crippen LogP contribution in [0.3, 0.4) is 0 Å². The van der Waals surface area contributed by atoms with Crippen molar-refractivity contribution in [2.45, 2.75) is 89.9 Å². The van der Waals surface area contributed by atoms with Gasteiger partial charge in [0, 0.05) is 36.5 Å². The summed E-state index contributed by atoms with van der Waals surface area (Å²) in [4.78, 5) is 55.7. The molecule has 4 amide bonds. The standard InChI is InChI=1S/C30H36N2O6/c1-29-23-11-3-5-14-20(11)26-21(23)22-24(30(26,2)28(38-14)32-17(35)9-10-18(32)36)12-4-6-13(19(12)25(22)29)37-27(29)31-15(33)7-8-16(31)34/h11-14,19-28H,3-10H2,1-2H3/t11-,12+,13-,14+,19-,20+,21-,22-,23-,24+,25+,26-,27+,28-,29-,30+/m0/s1. The van der Waals surface area contributed by atoms with Crippen LogP contribution in [0.4, 0.5) is 0 Å². The van der Waals surface area contributed by atoms with Gasteiger partial charge >= 0.3 is 0 Å². The molecule has 4 heterocycles. The van der Waals surface area contributed by atoms with Crippen molar-refractivity contribution in [2.75, 3.05) is 0 Å². The van der Waals surface area contributed by atoms with E-state index in [2.05, 4.69) is 13.8 Å². The van der Waals surface area contributed by atoms with Crippen LogP contribution in [0, 0.1) is 70.0 Å². The summed E-state index contributed by atoms with van der Waals surface area (Å²) >= 11 is 0. The van der Waals surface area contributed by atoms with Gasteiger partial charge in [-0.25, -0.2) is 0 Å². The van der Waals surface area contributed by atoms with E-state index in [1.54, 1.807) is 9.80 Å². The summed E-state index contributed by atoms with van der Waals surface area (Å²) in [5.74, 6) is 4.27. The Kier molecular flexibility index (Phi) is 3.70. The van der Waals surface area contributed by atoms with Crippen molar-refractivity contribution in [1.29, 1.82) is 0 Å². The predicted molar refractivity (Wildman–Crippen MR) is 129 cm³/mol. The molecule has 0 aromatic carbocycles. The molecule has 16 atom stereocenters. The number of fused-ring (bicyclic) bond motifs is 4. The van der Waals surface area contributed by atoms with Crippen molar-refractivity contribution in [3.8, 4) is 0 Å². The fourth-order valence-corrected chi connectivity index (χ4v) is 14.2. The Morgan fingerprint density at radius 1 is 0.553 bits per heavy atom. The number of likely N-dealkylation sites (tertiary alicyclic amines) is 2. The third-order valence-electron chi connectivity index (χ3n) is 14.5. The first kappa shape index (κ1) is 22.0. The van der Waals surface area contributed by atoms with Crippen LogP contribution in [-0.4, -0.2) is 58.1 Å². The van der Waals surface area contributed by atoms with Crippen molar-refractivity contribution >= 4 is 23.6 Å². The lowest BCUT2D eigenvalue weighted by molar-refractivity contribution is -0.241. The van der Waals surface area contributed by atoms with Gasteiger partial charge in [-0.05, 0) is 84.9 Å². The molecule has 6 aliphatic carbocycles. The molecule has 38 heavy (non-hydrogen) atoms. The zero-order valence-electron chi connectivity index (χ0n) is 22.1. The van der Waals surface area contributed by atoms with E-state index >= 15 is 0 Å². The molecule has 202 valence electrons. The molecule has 0 bridgehead atoms. The van der Waals surface area contributed by atoms with Gasteiger partial charge in [-0.1, -0.05) is 13.8 Å². The average molecular weight is 521 g/mol. The summed E-state index contributed by atoms with van der Waals surface area (Å²) in [6, 6.07) is 0. The van der Waals surface area contributed by atoms with E-state index in [1.165, 1.54) is 0 Å². The zero-order chi connectivity index (χ0) is 25.6. The second-order valence-corrected chi connectivity index (χ2v) is 15.0. The van der Waals surface area contributed by atoms with Gasteiger partial charge in [0.25, 0.3) is 0 Å². The molecule has 4 saturated heterocycles. The normalized spacial score (nSPS) is 62.3. The van der Waals surface area contributed by atoms with Gasteiger partial charge in [0.15, 0.2) is 0 Å². The Morgan fingerprint density at radius 3 is 1.29 bits per heavy atom. The maximum Gasteiger partial charge on any atom is 0.231 e. The lowest BCUT2D eigenvalue weighted by atomic mass is 9.60. The van der Waals surface area contributed by atoms with E-state index in [-0.39, 0.29) is 46.7 Å². The lowest BCUT2D eigenvalue weighted by Gasteiger charge is -2.55. The largest absolute Gasteiger partial charge is 0.354 e. The van der Waals surface area contributed by atoms with Gasteiger partial charge in [0.1, 0.15) is 12.5 Å². The number of rotatable bonds is 2. The van der Waals surface area contributed by atoms with Crippen LogP contribution in [0.1, 0.15) is 65.2 Å². The third-order valence-corrected chi connectivity index (χ3v) is 14.5. The Bertz CT molecular complexity index is 1120. The highest BCUT2D eigenvalue weighted by Gasteiger charge is 2.88. The first-order valence-electron chi connectivity index (χ1n) is 15.3. The topological polar surface area (TPSA) is 93.2 Å². The van der Waals surface area contributed by atoms with Crippen molar-refractivity contribution in [1.82, 2.24) is 9.80 Å².